The molecule has 0 bridgehead atoms. The Kier molecular flexibility index (Phi) is 3.79. The summed E-state index contributed by atoms with van der Waals surface area (Å²) in [5, 5.41) is 12.6. The van der Waals surface area contributed by atoms with Crippen LogP contribution < -0.4 is 5.32 Å². The fourth-order valence-electron chi connectivity index (χ4n) is 2.79. The van der Waals surface area contributed by atoms with Crippen molar-refractivity contribution in [3.8, 4) is 0 Å². The topological polar surface area (TPSA) is 69.6 Å². The van der Waals surface area contributed by atoms with E-state index in [-0.39, 0.29) is 42.8 Å². The number of nitrogens with one attached hydrogen (secondary N) is 1. The molecule has 1 aliphatic heterocycles. The first-order valence-corrected chi connectivity index (χ1v) is 6.30. The number of carbonyl (C=O) groups is 2. The quantitative estimate of drug-likeness (QED) is 0.675. The van der Waals surface area contributed by atoms with Crippen molar-refractivity contribution in [2.75, 3.05) is 13.7 Å². The molecule has 0 aromatic carbocycles. The number of rotatable bonds is 3. The third kappa shape index (κ3) is 2.50. The number of aliphatic hydroxyl groups is 1. The fraction of sp³-hybridized carbons (Fsp3) is 0.833. The minimum Gasteiger partial charge on any atom is -0.396 e. The van der Waals surface area contributed by atoms with Gasteiger partial charge in [0.25, 0.3) is 0 Å². The molecule has 2 amide bonds. The molecule has 1 saturated carbocycles. The van der Waals surface area contributed by atoms with Crippen molar-refractivity contribution < 1.29 is 14.7 Å². The van der Waals surface area contributed by atoms with E-state index < -0.39 is 0 Å². The molecule has 5 heteroatoms. The average Bonchev–Trinajstić information content (AvgIpc) is 2.58. The summed E-state index contributed by atoms with van der Waals surface area (Å²) in [7, 11) is 1.52. The molecule has 2 rings (SSSR count). The van der Waals surface area contributed by atoms with Crippen LogP contribution in [-0.2, 0) is 9.59 Å². The van der Waals surface area contributed by atoms with Gasteiger partial charge in [-0.3, -0.25) is 14.5 Å². The zero-order chi connectivity index (χ0) is 12.4. The molecular weight excluding hydrogens is 220 g/mol. The van der Waals surface area contributed by atoms with Gasteiger partial charge in [0.1, 0.15) is 0 Å². The second kappa shape index (κ2) is 5.14. The highest BCUT2D eigenvalue weighted by Gasteiger charge is 2.38. The Labute approximate surface area is 101 Å². The molecule has 0 aromatic rings. The molecule has 1 saturated heterocycles. The van der Waals surface area contributed by atoms with Gasteiger partial charge in [-0.25, -0.2) is 0 Å². The van der Waals surface area contributed by atoms with Crippen LogP contribution in [0.2, 0.25) is 0 Å². The van der Waals surface area contributed by atoms with Crippen molar-refractivity contribution in [1.82, 2.24) is 10.2 Å². The van der Waals surface area contributed by atoms with Crippen molar-refractivity contribution in [3.63, 3.8) is 0 Å². The largest absolute Gasteiger partial charge is 0.396 e. The van der Waals surface area contributed by atoms with E-state index in [2.05, 4.69) is 5.32 Å². The lowest BCUT2D eigenvalue weighted by Gasteiger charge is -2.32. The van der Waals surface area contributed by atoms with Crippen LogP contribution in [0.5, 0.6) is 0 Å². The van der Waals surface area contributed by atoms with Gasteiger partial charge in [-0.2, -0.15) is 0 Å². The lowest BCUT2D eigenvalue weighted by Crippen LogP contribution is -2.48. The molecule has 3 atom stereocenters. The molecule has 2 N–H and O–H groups in total. The Morgan fingerprint density at radius 3 is 2.65 bits per heavy atom. The van der Waals surface area contributed by atoms with Crippen molar-refractivity contribution >= 4 is 11.8 Å². The second-order valence-electron chi connectivity index (χ2n) is 5.05. The summed E-state index contributed by atoms with van der Waals surface area (Å²) in [4.78, 5) is 24.4. The maximum absolute atomic E-state index is 11.8. The Balaban J connectivity index is 1.96. The molecule has 0 aromatic heterocycles. The molecule has 2 fully saturated rings. The zero-order valence-electron chi connectivity index (χ0n) is 10.2. The number of nitrogens with zero attached hydrogens (tertiary/aromatic N) is 1. The average molecular weight is 240 g/mol. The first-order valence-electron chi connectivity index (χ1n) is 6.30. The van der Waals surface area contributed by atoms with Gasteiger partial charge in [0, 0.05) is 19.7 Å². The molecule has 17 heavy (non-hydrogen) atoms. The monoisotopic (exact) mass is 240 g/mol. The van der Waals surface area contributed by atoms with Crippen molar-refractivity contribution in [2.45, 2.75) is 44.2 Å². The number of likely N-dealkylation sites (tertiary alicyclic amines) is 1. The Bertz CT molecular complexity index is 319. The molecular formula is C12H20N2O3. The van der Waals surface area contributed by atoms with Gasteiger partial charge in [0.05, 0.1) is 12.5 Å². The normalized spacial score (nSPS) is 34.5. The number of carbonyl (C=O) groups excluding carboxylic acids is 2. The summed E-state index contributed by atoms with van der Waals surface area (Å²) in [5.74, 6) is -0.0429. The summed E-state index contributed by atoms with van der Waals surface area (Å²) in [6.45, 7) is 0.155. The van der Waals surface area contributed by atoms with Gasteiger partial charge < -0.3 is 10.4 Å². The Hall–Kier alpha value is -0.940. The number of amides is 2. The van der Waals surface area contributed by atoms with E-state index in [0.717, 1.165) is 25.7 Å². The van der Waals surface area contributed by atoms with Crippen LogP contribution in [0, 0.1) is 5.92 Å². The van der Waals surface area contributed by atoms with Gasteiger partial charge in [0.15, 0.2) is 0 Å². The van der Waals surface area contributed by atoms with E-state index in [1.165, 1.54) is 11.9 Å². The molecule has 5 nitrogen and oxygen atoms in total. The minimum absolute atomic E-state index is 0.121. The molecule has 2 aliphatic rings. The third-order valence-electron chi connectivity index (χ3n) is 3.94. The van der Waals surface area contributed by atoms with Gasteiger partial charge in [0.2, 0.25) is 11.8 Å². The maximum Gasteiger partial charge on any atom is 0.246 e. The summed E-state index contributed by atoms with van der Waals surface area (Å²) >= 11 is 0. The lowest BCUT2D eigenvalue weighted by molar-refractivity contribution is -0.137. The van der Waals surface area contributed by atoms with Crippen molar-refractivity contribution in [1.29, 1.82) is 0 Å². The van der Waals surface area contributed by atoms with Crippen molar-refractivity contribution in [3.05, 3.63) is 0 Å². The molecule has 3 unspecified atom stereocenters. The van der Waals surface area contributed by atoms with Crippen LogP contribution in [0.3, 0.4) is 0 Å². The Morgan fingerprint density at radius 2 is 2.06 bits per heavy atom. The van der Waals surface area contributed by atoms with Crippen molar-refractivity contribution in [2.24, 2.45) is 5.92 Å². The van der Waals surface area contributed by atoms with E-state index in [1.807, 2.05) is 0 Å². The van der Waals surface area contributed by atoms with E-state index >= 15 is 0 Å². The predicted molar refractivity (Wildman–Crippen MR) is 62.1 cm³/mol. The van der Waals surface area contributed by atoms with Gasteiger partial charge in [-0.05, 0) is 18.8 Å². The predicted octanol–water partition coefficient (Wildman–Crippen LogP) is -0.116. The molecule has 96 valence electrons. The first kappa shape index (κ1) is 12.5. The third-order valence-corrected chi connectivity index (χ3v) is 3.94. The van der Waals surface area contributed by atoms with Crippen LogP contribution in [-0.4, -0.2) is 47.6 Å². The van der Waals surface area contributed by atoms with Crippen LogP contribution in [0.25, 0.3) is 0 Å². The SMILES string of the molecule is CN1C(=O)CC(NC2CCCCC2CO)C1=O. The maximum atomic E-state index is 11.8. The van der Waals surface area contributed by atoms with E-state index in [0.29, 0.717) is 0 Å². The van der Waals surface area contributed by atoms with Gasteiger partial charge in [-0.1, -0.05) is 12.8 Å². The summed E-state index contributed by atoms with van der Waals surface area (Å²) < 4.78 is 0. The van der Waals surface area contributed by atoms with Crippen LogP contribution >= 0.6 is 0 Å². The fourth-order valence-corrected chi connectivity index (χ4v) is 2.79. The standard InChI is InChI=1S/C12H20N2O3/c1-14-11(16)6-10(12(14)17)13-9-5-3-2-4-8(9)7-15/h8-10,13,15H,2-7H2,1H3. The lowest BCUT2D eigenvalue weighted by atomic mass is 9.84. The van der Waals surface area contributed by atoms with Crippen LogP contribution in [0.1, 0.15) is 32.1 Å². The molecule has 0 spiro atoms. The number of hydrogen-bond donors (Lipinski definition) is 2. The summed E-state index contributed by atoms with van der Waals surface area (Å²) in [6.07, 6.45) is 4.50. The number of aliphatic hydroxyl groups excluding tert-OH is 1. The number of likely N-dealkylation sites (N-methyl/N-ethyl adjacent to an activating group) is 1. The highest BCUT2D eigenvalue weighted by Crippen LogP contribution is 2.25. The number of imide groups is 1. The zero-order valence-corrected chi connectivity index (χ0v) is 10.2. The smallest absolute Gasteiger partial charge is 0.246 e. The molecule has 1 heterocycles. The highest BCUT2D eigenvalue weighted by molar-refractivity contribution is 6.05. The Morgan fingerprint density at radius 1 is 1.35 bits per heavy atom. The van der Waals surface area contributed by atoms with Gasteiger partial charge in [-0.15, -0.1) is 0 Å². The van der Waals surface area contributed by atoms with E-state index in [1.54, 1.807) is 0 Å². The highest BCUT2D eigenvalue weighted by atomic mass is 16.3. The van der Waals surface area contributed by atoms with Crippen LogP contribution in [0.15, 0.2) is 0 Å². The molecule has 0 radical (unpaired) electrons. The van der Waals surface area contributed by atoms with Crippen LogP contribution in [0.4, 0.5) is 0 Å². The second-order valence-corrected chi connectivity index (χ2v) is 5.05. The minimum atomic E-state index is -0.385. The first-order chi connectivity index (χ1) is 8.13. The molecule has 1 aliphatic carbocycles. The summed E-state index contributed by atoms with van der Waals surface area (Å²) in [5.41, 5.74) is 0. The number of hydrogen-bond acceptors (Lipinski definition) is 4. The van der Waals surface area contributed by atoms with Gasteiger partial charge >= 0.3 is 0 Å². The summed E-state index contributed by atoms with van der Waals surface area (Å²) in [6, 6.07) is -0.216. The van der Waals surface area contributed by atoms with E-state index in [9.17, 15) is 14.7 Å². The van der Waals surface area contributed by atoms with E-state index in [4.69, 9.17) is 0 Å².